The van der Waals surface area contributed by atoms with E-state index in [9.17, 15) is 8.42 Å². The van der Waals surface area contributed by atoms with Crippen LogP contribution in [0.5, 0.6) is 0 Å². The minimum absolute atomic E-state index is 0.207. The maximum atomic E-state index is 12.5. The van der Waals surface area contributed by atoms with Crippen LogP contribution in [0.15, 0.2) is 29.2 Å². The van der Waals surface area contributed by atoms with Gasteiger partial charge in [-0.25, -0.2) is 8.42 Å². The zero-order chi connectivity index (χ0) is 14.9. The van der Waals surface area contributed by atoms with Crippen LogP contribution in [0.4, 0.5) is 11.5 Å². The molecule has 0 amide bonds. The molecule has 0 bridgehead atoms. The van der Waals surface area contributed by atoms with Crippen LogP contribution in [-0.4, -0.2) is 18.2 Å². The number of nitrogens with zero attached hydrogens (tertiary/aromatic N) is 2. The molecule has 7 heteroatoms. The molecule has 2 aromatic rings. The summed E-state index contributed by atoms with van der Waals surface area (Å²) in [5.41, 5.74) is 7.59. The summed E-state index contributed by atoms with van der Waals surface area (Å²) in [6.45, 7) is 3.70. The predicted molar refractivity (Wildman–Crippen MR) is 79.0 cm³/mol. The van der Waals surface area contributed by atoms with Crippen LogP contribution in [0.2, 0.25) is 0 Å². The molecule has 0 radical (unpaired) electrons. The first-order chi connectivity index (χ1) is 9.33. The molecule has 0 atom stereocenters. The number of nitrogens with one attached hydrogen (secondary N) is 1. The van der Waals surface area contributed by atoms with Crippen molar-refractivity contribution in [3.05, 3.63) is 35.5 Å². The average Bonchev–Trinajstić information content (AvgIpc) is 2.67. The van der Waals surface area contributed by atoms with E-state index in [0.29, 0.717) is 17.9 Å². The van der Waals surface area contributed by atoms with Gasteiger partial charge in [0.15, 0.2) is 0 Å². The molecule has 0 spiro atoms. The van der Waals surface area contributed by atoms with Gasteiger partial charge in [0.1, 0.15) is 5.82 Å². The first kappa shape index (κ1) is 14.4. The van der Waals surface area contributed by atoms with Gasteiger partial charge >= 0.3 is 0 Å². The van der Waals surface area contributed by atoms with Crippen LogP contribution in [0.3, 0.4) is 0 Å². The molecule has 1 aromatic carbocycles. The monoisotopic (exact) mass is 294 g/mol. The molecule has 0 aliphatic heterocycles. The minimum atomic E-state index is -3.68. The number of aromatic nitrogens is 2. The molecule has 0 unspecified atom stereocenters. The second-order valence-corrected chi connectivity index (χ2v) is 6.27. The van der Waals surface area contributed by atoms with Crippen molar-refractivity contribution in [1.29, 1.82) is 0 Å². The number of benzene rings is 1. The van der Waals surface area contributed by atoms with E-state index >= 15 is 0 Å². The van der Waals surface area contributed by atoms with Gasteiger partial charge in [0, 0.05) is 18.8 Å². The summed E-state index contributed by atoms with van der Waals surface area (Å²) in [5.74, 6) is 0.423. The third kappa shape index (κ3) is 2.77. The fourth-order valence-electron chi connectivity index (χ4n) is 2.01. The predicted octanol–water partition coefficient (Wildman–Crippen LogP) is 1.67. The van der Waals surface area contributed by atoms with Gasteiger partial charge in [-0.15, -0.1) is 0 Å². The van der Waals surface area contributed by atoms with Gasteiger partial charge in [-0.3, -0.25) is 9.40 Å². The smallest absolute Gasteiger partial charge is 0.263 e. The van der Waals surface area contributed by atoms with Crippen LogP contribution in [0.1, 0.15) is 18.2 Å². The molecule has 0 aliphatic rings. The Morgan fingerprint density at radius 3 is 2.60 bits per heavy atom. The van der Waals surface area contributed by atoms with Crippen molar-refractivity contribution in [2.75, 3.05) is 10.5 Å². The Labute approximate surface area is 118 Å². The van der Waals surface area contributed by atoms with Gasteiger partial charge in [-0.2, -0.15) is 5.10 Å². The number of hydrogen-bond acceptors (Lipinski definition) is 4. The average molecular weight is 294 g/mol. The third-order valence-corrected chi connectivity index (χ3v) is 4.44. The number of nitrogens with two attached hydrogens (primary N) is 1. The standard InChI is InChI=1S/C13H18N4O2S/c1-4-10-5-6-11(14)8-12(10)20(18,19)16-13-7-9(2)15-17(13)3/h5-8,16H,4,14H2,1-3H3. The zero-order valence-electron chi connectivity index (χ0n) is 11.7. The first-order valence-electron chi connectivity index (χ1n) is 6.25. The number of hydrogen-bond donors (Lipinski definition) is 2. The maximum Gasteiger partial charge on any atom is 0.263 e. The van der Waals surface area contributed by atoms with Gasteiger partial charge in [0.05, 0.1) is 10.6 Å². The Kier molecular flexibility index (Phi) is 3.71. The van der Waals surface area contributed by atoms with Crippen molar-refractivity contribution in [1.82, 2.24) is 9.78 Å². The molecule has 6 nitrogen and oxygen atoms in total. The molecule has 0 saturated heterocycles. The maximum absolute atomic E-state index is 12.5. The molecule has 0 fully saturated rings. The lowest BCUT2D eigenvalue weighted by Crippen LogP contribution is -2.17. The van der Waals surface area contributed by atoms with Crippen LogP contribution in [0, 0.1) is 6.92 Å². The summed E-state index contributed by atoms with van der Waals surface area (Å²) >= 11 is 0. The van der Waals surface area contributed by atoms with E-state index in [2.05, 4.69) is 9.82 Å². The summed E-state index contributed by atoms with van der Waals surface area (Å²) in [6.07, 6.45) is 0.612. The van der Waals surface area contributed by atoms with Gasteiger partial charge in [0.25, 0.3) is 10.0 Å². The third-order valence-electron chi connectivity index (χ3n) is 3.00. The molecule has 108 valence electrons. The Morgan fingerprint density at radius 2 is 2.05 bits per heavy atom. The van der Waals surface area contributed by atoms with Crippen LogP contribution in [0.25, 0.3) is 0 Å². The fourth-order valence-corrected chi connectivity index (χ4v) is 3.44. The number of anilines is 2. The number of nitrogen functional groups attached to an aromatic ring is 1. The van der Waals surface area contributed by atoms with Crippen LogP contribution in [-0.2, 0) is 23.5 Å². The van der Waals surface area contributed by atoms with Gasteiger partial charge in [-0.05, 0) is 31.0 Å². The Morgan fingerprint density at radius 1 is 1.35 bits per heavy atom. The SMILES string of the molecule is CCc1ccc(N)cc1S(=O)(=O)Nc1cc(C)nn1C. The second kappa shape index (κ2) is 5.16. The van der Waals surface area contributed by atoms with E-state index in [4.69, 9.17) is 5.73 Å². The first-order valence-corrected chi connectivity index (χ1v) is 7.73. The van der Waals surface area contributed by atoms with Crippen molar-refractivity contribution in [2.24, 2.45) is 7.05 Å². The van der Waals surface area contributed by atoms with Crippen molar-refractivity contribution >= 4 is 21.5 Å². The molecule has 2 rings (SSSR count). The van der Waals surface area contributed by atoms with E-state index in [0.717, 1.165) is 11.3 Å². The summed E-state index contributed by atoms with van der Waals surface area (Å²) < 4.78 is 29.0. The van der Waals surface area contributed by atoms with Crippen molar-refractivity contribution in [2.45, 2.75) is 25.2 Å². The molecule has 20 heavy (non-hydrogen) atoms. The quantitative estimate of drug-likeness (QED) is 0.839. The number of rotatable bonds is 4. The fraction of sp³-hybridized carbons (Fsp3) is 0.308. The van der Waals surface area contributed by atoms with Crippen LogP contribution >= 0.6 is 0 Å². The van der Waals surface area contributed by atoms with Crippen LogP contribution < -0.4 is 10.5 Å². The Hall–Kier alpha value is -2.02. The summed E-state index contributed by atoms with van der Waals surface area (Å²) in [4.78, 5) is 0.207. The molecular formula is C13H18N4O2S. The summed E-state index contributed by atoms with van der Waals surface area (Å²) in [6, 6.07) is 6.59. The lowest BCUT2D eigenvalue weighted by molar-refractivity contribution is 0.599. The van der Waals surface area contributed by atoms with Crippen molar-refractivity contribution < 1.29 is 8.42 Å². The summed E-state index contributed by atoms with van der Waals surface area (Å²) in [7, 11) is -1.99. The minimum Gasteiger partial charge on any atom is -0.399 e. The highest BCUT2D eigenvalue weighted by atomic mass is 32.2. The second-order valence-electron chi connectivity index (χ2n) is 4.62. The number of sulfonamides is 1. The molecule has 3 N–H and O–H groups in total. The highest BCUT2D eigenvalue weighted by molar-refractivity contribution is 7.92. The molecular weight excluding hydrogens is 276 g/mol. The highest BCUT2D eigenvalue weighted by Gasteiger charge is 2.20. The van der Waals surface area contributed by atoms with Crippen molar-refractivity contribution in [3.63, 3.8) is 0 Å². The Bertz CT molecular complexity index is 735. The Balaban J connectivity index is 2.45. The van der Waals surface area contributed by atoms with E-state index in [1.54, 1.807) is 32.2 Å². The van der Waals surface area contributed by atoms with Gasteiger partial charge in [0.2, 0.25) is 0 Å². The summed E-state index contributed by atoms with van der Waals surface area (Å²) in [5, 5.41) is 4.11. The van der Waals surface area contributed by atoms with Gasteiger partial charge in [-0.1, -0.05) is 13.0 Å². The molecule has 0 saturated carbocycles. The lowest BCUT2D eigenvalue weighted by Gasteiger charge is -2.12. The van der Waals surface area contributed by atoms with E-state index in [1.807, 2.05) is 6.92 Å². The molecule has 1 heterocycles. The van der Waals surface area contributed by atoms with E-state index in [-0.39, 0.29) is 4.90 Å². The highest BCUT2D eigenvalue weighted by Crippen LogP contribution is 2.22. The van der Waals surface area contributed by atoms with Crippen molar-refractivity contribution in [3.8, 4) is 0 Å². The molecule has 0 aliphatic carbocycles. The zero-order valence-corrected chi connectivity index (χ0v) is 12.5. The largest absolute Gasteiger partial charge is 0.399 e. The number of aryl methyl sites for hydroxylation is 3. The van der Waals surface area contributed by atoms with E-state index < -0.39 is 10.0 Å². The topological polar surface area (TPSA) is 90.0 Å². The van der Waals surface area contributed by atoms with E-state index in [1.165, 1.54) is 10.7 Å². The van der Waals surface area contributed by atoms with Gasteiger partial charge < -0.3 is 5.73 Å². The normalized spacial score (nSPS) is 11.6. The lowest BCUT2D eigenvalue weighted by atomic mass is 10.1. The molecule has 1 aromatic heterocycles.